The van der Waals surface area contributed by atoms with Crippen molar-refractivity contribution < 1.29 is 9.47 Å². The van der Waals surface area contributed by atoms with Crippen molar-refractivity contribution in [1.82, 2.24) is 0 Å². The maximum Gasteiger partial charge on any atom is 0.118 e. The molecule has 0 atom stereocenters. The average molecular weight is 265 g/mol. The van der Waals surface area contributed by atoms with Crippen molar-refractivity contribution in [1.29, 1.82) is 5.26 Å². The molecule has 2 aromatic carbocycles. The van der Waals surface area contributed by atoms with Crippen molar-refractivity contribution in [2.24, 2.45) is 5.41 Å². The number of ether oxygens (including phenoxy) is 2. The fraction of sp³-hybridized carbons (Fsp3) is 0.353. The molecule has 4 rings (SSSR count). The molecule has 0 aromatic heterocycles. The fourth-order valence-corrected chi connectivity index (χ4v) is 3.39. The number of rotatable bonds is 2. The normalized spacial score (nSPS) is 22.6. The lowest BCUT2D eigenvalue weighted by molar-refractivity contribution is -0.200. The summed E-state index contributed by atoms with van der Waals surface area (Å²) in [5.74, 6) is 0. The lowest BCUT2D eigenvalue weighted by atomic mass is 9.57. The van der Waals surface area contributed by atoms with Gasteiger partial charge in [-0.1, -0.05) is 42.5 Å². The molecule has 0 radical (unpaired) electrons. The van der Waals surface area contributed by atoms with E-state index in [2.05, 4.69) is 42.5 Å². The Balaban J connectivity index is 1.95. The molecule has 2 fully saturated rings. The summed E-state index contributed by atoms with van der Waals surface area (Å²) >= 11 is 0. The molecule has 2 aliphatic heterocycles. The standard InChI is InChI=1S/C17H15NO2/c18-8-16(9-19-10-16)17(11-20-12-17)15-7-3-5-13-4-1-2-6-14(13)15/h1-7H,9-12H2. The maximum atomic E-state index is 9.68. The van der Waals surface area contributed by atoms with Crippen LogP contribution < -0.4 is 0 Å². The highest BCUT2D eigenvalue weighted by atomic mass is 16.5. The van der Waals surface area contributed by atoms with Gasteiger partial charge in [0.1, 0.15) is 5.41 Å². The van der Waals surface area contributed by atoms with Gasteiger partial charge in [0.25, 0.3) is 0 Å². The number of benzene rings is 2. The first-order valence-electron chi connectivity index (χ1n) is 6.86. The van der Waals surface area contributed by atoms with E-state index in [1.807, 2.05) is 6.07 Å². The van der Waals surface area contributed by atoms with Gasteiger partial charge in [-0.2, -0.15) is 5.26 Å². The molecule has 3 heteroatoms. The van der Waals surface area contributed by atoms with Crippen molar-refractivity contribution in [3.05, 3.63) is 48.0 Å². The van der Waals surface area contributed by atoms with Crippen molar-refractivity contribution in [3.8, 4) is 6.07 Å². The van der Waals surface area contributed by atoms with Gasteiger partial charge in [0.15, 0.2) is 0 Å². The zero-order valence-corrected chi connectivity index (χ0v) is 11.1. The molecule has 2 heterocycles. The zero-order chi connectivity index (χ0) is 13.6. The van der Waals surface area contributed by atoms with Crippen LogP contribution in [0.2, 0.25) is 0 Å². The van der Waals surface area contributed by atoms with Crippen LogP contribution in [0.3, 0.4) is 0 Å². The topological polar surface area (TPSA) is 42.2 Å². The van der Waals surface area contributed by atoms with E-state index in [9.17, 15) is 5.26 Å². The fourth-order valence-electron chi connectivity index (χ4n) is 3.39. The molecule has 0 aliphatic carbocycles. The van der Waals surface area contributed by atoms with E-state index in [-0.39, 0.29) is 5.41 Å². The van der Waals surface area contributed by atoms with Crippen molar-refractivity contribution >= 4 is 10.8 Å². The van der Waals surface area contributed by atoms with Gasteiger partial charge in [-0.15, -0.1) is 0 Å². The lowest BCUT2D eigenvalue weighted by Gasteiger charge is -2.56. The summed E-state index contributed by atoms with van der Waals surface area (Å²) in [5, 5.41) is 12.1. The molecule has 2 saturated heterocycles. The highest BCUT2D eigenvalue weighted by Gasteiger charge is 2.62. The Kier molecular flexibility index (Phi) is 2.41. The van der Waals surface area contributed by atoms with E-state index in [0.717, 1.165) is 0 Å². The molecule has 3 nitrogen and oxygen atoms in total. The van der Waals surface area contributed by atoms with Crippen LogP contribution in [0.1, 0.15) is 5.56 Å². The number of nitrogens with zero attached hydrogens (tertiary/aromatic N) is 1. The monoisotopic (exact) mass is 265 g/mol. The van der Waals surface area contributed by atoms with Crippen LogP contribution in [0.4, 0.5) is 0 Å². The van der Waals surface area contributed by atoms with Crippen molar-refractivity contribution in [3.63, 3.8) is 0 Å². The van der Waals surface area contributed by atoms with Crippen LogP contribution in [-0.2, 0) is 14.9 Å². The Hall–Kier alpha value is -1.89. The second kappa shape index (κ2) is 4.05. The van der Waals surface area contributed by atoms with Crippen molar-refractivity contribution in [2.75, 3.05) is 26.4 Å². The van der Waals surface area contributed by atoms with Crippen LogP contribution in [0.5, 0.6) is 0 Å². The average Bonchev–Trinajstić information content (AvgIpc) is 2.40. The third-order valence-electron chi connectivity index (χ3n) is 4.83. The second-order valence-electron chi connectivity index (χ2n) is 5.79. The summed E-state index contributed by atoms with van der Waals surface area (Å²) < 4.78 is 10.9. The molecular formula is C17H15NO2. The lowest BCUT2D eigenvalue weighted by Crippen LogP contribution is -2.66. The summed E-state index contributed by atoms with van der Waals surface area (Å²) in [4.78, 5) is 0. The van der Waals surface area contributed by atoms with Crippen LogP contribution >= 0.6 is 0 Å². The third kappa shape index (κ3) is 1.30. The number of hydrogen-bond acceptors (Lipinski definition) is 3. The summed E-state index contributed by atoms with van der Waals surface area (Å²) in [5.41, 5.74) is 0.572. The summed E-state index contributed by atoms with van der Waals surface area (Å²) in [7, 11) is 0. The second-order valence-corrected chi connectivity index (χ2v) is 5.79. The Bertz CT molecular complexity index is 703. The minimum atomic E-state index is -0.435. The highest BCUT2D eigenvalue weighted by molar-refractivity contribution is 5.87. The maximum absolute atomic E-state index is 9.68. The molecule has 100 valence electrons. The third-order valence-corrected chi connectivity index (χ3v) is 4.83. The van der Waals surface area contributed by atoms with Gasteiger partial charge >= 0.3 is 0 Å². The Morgan fingerprint density at radius 2 is 1.60 bits per heavy atom. The number of hydrogen-bond donors (Lipinski definition) is 0. The van der Waals surface area contributed by atoms with E-state index >= 15 is 0 Å². The van der Waals surface area contributed by atoms with Crippen LogP contribution in [0.15, 0.2) is 42.5 Å². The van der Waals surface area contributed by atoms with E-state index in [1.165, 1.54) is 16.3 Å². The number of nitriles is 1. The molecule has 0 spiro atoms. The quantitative estimate of drug-likeness (QED) is 0.838. The molecule has 2 aliphatic rings. The van der Waals surface area contributed by atoms with Gasteiger partial charge in [0.2, 0.25) is 0 Å². The SMILES string of the molecule is N#CC1(C2(c3cccc4ccccc34)COC2)COC1. The molecule has 20 heavy (non-hydrogen) atoms. The largest absolute Gasteiger partial charge is 0.379 e. The van der Waals surface area contributed by atoms with Gasteiger partial charge in [-0.25, -0.2) is 0 Å². The van der Waals surface area contributed by atoms with E-state index < -0.39 is 5.41 Å². The van der Waals surface area contributed by atoms with Gasteiger partial charge < -0.3 is 9.47 Å². The van der Waals surface area contributed by atoms with E-state index in [0.29, 0.717) is 26.4 Å². The molecule has 0 N–H and O–H groups in total. The summed E-state index contributed by atoms with van der Waals surface area (Å²) in [6.45, 7) is 2.24. The van der Waals surface area contributed by atoms with Gasteiger partial charge in [0, 0.05) is 0 Å². The Morgan fingerprint density at radius 3 is 2.20 bits per heavy atom. The molecule has 0 bridgehead atoms. The summed E-state index contributed by atoms with van der Waals surface area (Å²) in [6.07, 6.45) is 0. The molecular weight excluding hydrogens is 250 g/mol. The first-order valence-corrected chi connectivity index (χ1v) is 6.86. The molecule has 0 saturated carbocycles. The minimum Gasteiger partial charge on any atom is -0.379 e. The van der Waals surface area contributed by atoms with Gasteiger partial charge in [0.05, 0.1) is 37.9 Å². The minimum absolute atomic E-state index is 0.221. The number of fused-ring (bicyclic) bond motifs is 1. The predicted octanol–water partition coefficient (Wildman–Crippen LogP) is 2.65. The molecule has 0 amide bonds. The van der Waals surface area contributed by atoms with Gasteiger partial charge in [-0.05, 0) is 16.3 Å². The van der Waals surface area contributed by atoms with E-state index in [4.69, 9.17) is 9.47 Å². The zero-order valence-electron chi connectivity index (χ0n) is 11.1. The van der Waals surface area contributed by atoms with Crippen LogP contribution in [0.25, 0.3) is 10.8 Å². The van der Waals surface area contributed by atoms with Crippen molar-refractivity contribution in [2.45, 2.75) is 5.41 Å². The highest BCUT2D eigenvalue weighted by Crippen LogP contribution is 2.52. The summed E-state index contributed by atoms with van der Waals surface area (Å²) in [6, 6.07) is 17.2. The van der Waals surface area contributed by atoms with Gasteiger partial charge in [-0.3, -0.25) is 0 Å². The Labute approximate surface area is 117 Å². The van der Waals surface area contributed by atoms with Crippen LogP contribution in [0, 0.1) is 16.7 Å². The van der Waals surface area contributed by atoms with E-state index in [1.54, 1.807) is 0 Å². The molecule has 2 aromatic rings. The Morgan fingerprint density at radius 1 is 0.900 bits per heavy atom. The predicted molar refractivity (Wildman–Crippen MR) is 75.3 cm³/mol. The first-order chi connectivity index (χ1) is 9.81. The smallest absolute Gasteiger partial charge is 0.118 e. The molecule has 0 unspecified atom stereocenters. The first kappa shape index (κ1) is 11.9. The van der Waals surface area contributed by atoms with Crippen LogP contribution in [-0.4, -0.2) is 26.4 Å².